The van der Waals surface area contributed by atoms with Gasteiger partial charge >= 0.3 is 102 Å². The standard InChI is InChI=1S/4BH3O3.Pb.Sr.4H/c4*2-1(3)4;;;;;;/h4*2-4H;;;;;;/q;;;;;+2;;;2*-1. The van der Waals surface area contributed by atoms with Gasteiger partial charge in [0, 0.05) is 0 Å². The van der Waals surface area contributed by atoms with E-state index < -0.39 is 29.3 Å². The predicted molar refractivity (Wildman–Crippen MR) is 66.2 cm³/mol. The van der Waals surface area contributed by atoms with Gasteiger partial charge in [0.25, 0.3) is 0 Å². The Bertz CT molecular complexity index is 76.4. The number of hydrogen-bond donors (Lipinski definition) is 12. The summed E-state index contributed by atoms with van der Waals surface area (Å²) in [4.78, 5) is 0. The van der Waals surface area contributed by atoms with Gasteiger partial charge in [-0.2, -0.15) is 0 Å². The maximum absolute atomic E-state index is 7.17. The molecule has 0 rings (SSSR count). The van der Waals surface area contributed by atoms with E-state index in [1.54, 1.807) is 0 Å². The van der Waals surface area contributed by atoms with E-state index in [1.165, 1.54) is 0 Å². The van der Waals surface area contributed by atoms with Crippen LogP contribution in [0.15, 0.2) is 0 Å². The van der Waals surface area contributed by atoms with Crippen molar-refractivity contribution < 1.29 is 63.1 Å². The van der Waals surface area contributed by atoms with Crippen molar-refractivity contribution in [3.63, 3.8) is 0 Å². The molecule has 0 aromatic rings. The van der Waals surface area contributed by atoms with E-state index in [0.29, 0.717) is 0 Å². The zero-order valence-electron chi connectivity index (χ0n) is 11.1. The minimum Gasteiger partial charge on any atom is 2.00 e. The first-order chi connectivity index (χ1) is 6.93. The summed E-state index contributed by atoms with van der Waals surface area (Å²) < 4.78 is 0. The molecule has 0 aromatic carbocycles. The summed E-state index contributed by atoms with van der Waals surface area (Å²) in [5.41, 5.74) is 0. The Balaban J connectivity index is -0.0000000150. The van der Waals surface area contributed by atoms with E-state index in [-0.39, 0.29) is 75.6 Å². The van der Waals surface area contributed by atoms with Crippen LogP contribution in [0.2, 0.25) is 0 Å². The topological polar surface area (TPSA) is 243 Å². The monoisotopic (exact) mass is 548 g/mol. The van der Waals surface area contributed by atoms with Crippen molar-refractivity contribution in [1.29, 1.82) is 0 Å². The fraction of sp³-hybridized carbons (Fsp3) is 0. The third kappa shape index (κ3) is 1130. The quantitative estimate of drug-likeness (QED) is 0.127. The van der Waals surface area contributed by atoms with Gasteiger partial charge in [0.15, 0.2) is 0 Å². The molecule has 0 aliphatic carbocycles. The van der Waals surface area contributed by atoms with Crippen LogP contribution in [0.25, 0.3) is 0 Å². The van der Waals surface area contributed by atoms with Crippen LogP contribution in [0.5, 0.6) is 0 Å². The van der Waals surface area contributed by atoms with E-state index >= 15 is 0 Å². The van der Waals surface area contributed by atoms with Gasteiger partial charge in [-0.05, 0) is 0 Å². The summed E-state index contributed by atoms with van der Waals surface area (Å²) in [7, 11) is -8.67. The average Bonchev–Trinajstić information content (AvgIpc) is 1.76. The molecule has 12 nitrogen and oxygen atoms in total. The van der Waals surface area contributed by atoms with Crippen molar-refractivity contribution in [1.82, 2.24) is 0 Å². The van der Waals surface area contributed by atoms with Crippen molar-refractivity contribution in [3.05, 3.63) is 0 Å². The summed E-state index contributed by atoms with van der Waals surface area (Å²) in [6.45, 7) is 0. The summed E-state index contributed by atoms with van der Waals surface area (Å²) in [5.74, 6) is 0. The Morgan fingerprint density at radius 1 is 0.389 bits per heavy atom. The van der Waals surface area contributed by atoms with Gasteiger partial charge in [0.1, 0.15) is 0 Å². The third-order valence-electron chi connectivity index (χ3n) is 0. The maximum Gasteiger partial charge on any atom is 2.00 e. The van der Waals surface area contributed by atoms with Crippen LogP contribution >= 0.6 is 0 Å². The van der Waals surface area contributed by atoms with Crippen LogP contribution in [-0.2, 0) is 0 Å². The van der Waals surface area contributed by atoms with E-state index in [4.69, 9.17) is 60.3 Å². The number of rotatable bonds is 0. The SMILES string of the molecule is OB(O)O.OB(O)O.OB(O)O.OB(O)O.[H-].[H-].[PbH2].[Sr+2]. The smallest absolute Gasteiger partial charge is 2.00 e. The first-order valence-electron chi connectivity index (χ1n) is 3.10. The van der Waals surface area contributed by atoms with Crippen molar-refractivity contribution in [2.45, 2.75) is 0 Å². The first kappa shape index (κ1) is 36.9. The second-order valence-corrected chi connectivity index (χ2v) is 1.39. The summed E-state index contributed by atoms with van der Waals surface area (Å²) in [5, 5.41) is 86.0. The Morgan fingerprint density at radius 3 is 0.389 bits per heavy atom. The van der Waals surface area contributed by atoms with Crippen molar-refractivity contribution in [3.8, 4) is 0 Å². The molecular weight excluding hydrogens is 530 g/mol. The van der Waals surface area contributed by atoms with E-state index in [2.05, 4.69) is 0 Å². The zero-order valence-corrected chi connectivity index (χ0v) is 18.1. The minimum atomic E-state index is -2.17. The predicted octanol–water partition coefficient (Wildman–Crippen LogP) is -9.28. The van der Waals surface area contributed by atoms with Crippen LogP contribution in [0.4, 0.5) is 0 Å². The Labute approximate surface area is 163 Å². The Hall–Kier alpha value is 2.18. The average molecular weight is 546 g/mol. The number of hydrogen-bond acceptors (Lipinski definition) is 12. The molecule has 12 N–H and O–H groups in total. The molecule has 0 amide bonds. The normalized spacial score (nSPS) is 6.00. The van der Waals surface area contributed by atoms with E-state index in [1.807, 2.05) is 0 Å². The molecule has 0 atom stereocenters. The Kier molecular flexibility index (Phi) is 64.7. The molecule has 0 spiro atoms. The molecule has 0 heterocycles. The van der Waals surface area contributed by atoms with Gasteiger partial charge in [0.2, 0.25) is 0 Å². The maximum atomic E-state index is 7.17. The van der Waals surface area contributed by atoms with Crippen LogP contribution in [0.1, 0.15) is 2.85 Å². The molecule has 0 aliphatic heterocycles. The van der Waals surface area contributed by atoms with Crippen molar-refractivity contribution in [2.24, 2.45) is 0 Å². The minimum absolute atomic E-state index is 0. The summed E-state index contributed by atoms with van der Waals surface area (Å²) in [6, 6.07) is 0. The fourth-order valence-corrected chi connectivity index (χ4v) is 0. The van der Waals surface area contributed by atoms with Gasteiger partial charge in [-0.1, -0.05) is 0 Å². The fourth-order valence-electron chi connectivity index (χ4n) is 0. The summed E-state index contributed by atoms with van der Waals surface area (Å²) in [6.07, 6.45) is 0. The molecule has 18 heteroatoms. The van der Waals surface area contributed by atoms with Crippen LogP contribution in [0, 0.1) is 0 Å². The molecule has 106 valence electrons. The van der Waals surface area contributed by atoms with Gasteiger partial charge < -0.3 is 63.1 Å². The molecule has 0 aliphatic rings. The molecule has 0 saturated heterocycles. The van der Waals surface area contributed by atoms with E-state index in [0.717, 1.165) is 0 Å². The summed E-state index contributed by atoms with van der Waals surface area (Å²) >= 11 is 0. The van der Waals surface area contributed by atoms with Gasteiger partial charge in [0.05, 0.1) is 0 Å². The van der Waals surface area contributed by atoms with Gasteiger partial charge in [-0.3, -0.25) is 0 Å². The largest absolute Gasteiger partial charge is 2.00 e. The van der Waals surface area contributed by atoms with E-state index in [9.17, 15) is 0 Å². The van der Waals surface area contributed by atoms with Crippen molar-refractivity contribution in [2.75, 3.05) is 0 Å². The van der Waals surface area contributed by atoms with Crippen molar-refractivity contribution >= 4 is 102 Å². The first-order valence-corrected chi connectivity index (χ1v) is 3.10. The molecule has 18 heavy (non-hydrogen) atoms. The Morgan fingerprint density at radius 2 is 0.389 bits per heavy atom. The molecule has 0 unspecified atom stereocenters. The van der Waals surface area contributed by atoms with Gasteiger partial charge in [-0.15, -0.1) is 0 Å². The van der Waals surface area contributed by atoms with Crippen LogP contribution in [-0.4, -0.2) is 162 Å². The third-order valence-corrected chi connectivity index (χ3v) is 0. The van der Waals surface area contributed by atoms with Gasteiger partial charge in [-0.25, -0.2) is 0 Å². The zero-order chi connectivity index (χ0) is 14.3. The molecule has 0 saturated carbocycles. The molecule has 0 bridgehead atoms. The molecular formula is H16B4O12PbSr. The second-order valence-electron chi connectivity index (χ2n) is 1.39. The molecule has 2 radical (unpaired) electrons. The van der Waals surface area contributed by atoms with Crippen LogP contribution in [0.3, 0.4) is 0 Å². The molecule has 0 fully saturated rings. The second kappa shape index (κ2) is 31.5. The molecule has 0 aromatic heterocycles. The van der Waals surface area contributed by atoms with Crippen LogP contribution < -0.4 is 0 Å².